The van der Waals surface area contributed by atoms with Gasteiger partial charge in [-0.2, -0.15) is 18.3 Å². The molecule has 0 bridgehead atoms. The number of fused-ring (bicyclic) bond motifs is 1. The lowest BCUT2D eigenvalue weighted by Gasteiger charge is -2.15. The van der Waals surface area contributed by atoms with Crippen LogP contribution in [0.5, 0.6) is 5.88 Å². The Balaban J connectivity index is 1.27. The van der Waals surface area contributed by atoms with Crippen molar-refractivity contribution in [3.8, 4) is 23.0 Å². The van der Waals surface area contributed by atoms with Gasteiger partial charge in [-0.05, 0) is 43.5 Å². The van der Waals surface area contributed by atoms with E-state index < -0.39 is 11.9 Å². The summed E-state index contributed by atoms with van der Waals surface area (Å²) in [5, 5.41) is 7.10. The Bertz CT molecular complexity index is 1500. The highest BCUT2D eigenvalue weighted by Gasteiger charge is 2.35. The molecule has 1 saturated carbocycles. The summed E-state index contributed by atoms with van der Waals surface area (Å²) in [5.74, 6) is 1.92. The van der Waals surface area contributed by atoms with Gasteiger partial charge in [-0.3, -0.25) is 0 Å². The molecule has 1 N–H and O–H groups in total. The lowest BCUT2D eigenvalue weighted by molar-refractivity contribution is -0.141. The zero-order chi connectivity index (χ0) is 26.4. The van der Waals surface area contributed by atoms with Gasteiger partial charge in [0.2, 0.25) is 5.88 Å². The molecule has 1 aliphatic carbocycles. The molecule has 0 saturated heterocycles. The molecule has 12 heteroatoms. The van der Waals surface area contributed by atoms with Crippen molar-refractivity contribution in [2.45, 2.75) is 51.6 Å². The van der Waals surface area contributed by atoms with E-state index in [-0.39, 0.29) is 0 Å². The predicted molar refractivity (Wildman–Crippen MR) is 131 cm³/mol. The van der Waals surface area contributed by atoms with Gasteiger partial charge in [0.25, 0.3) is 0 Å². The van der Waals surface area contributed by atoms with Gasteiger partial charge in [-0.25, -0.2) is 24.6 Å². The van der Waals surface area contributed by atoms with Crippen LogP contribution in [0, 0.1) is 6.92 Å². The average Bonchev–Trinajstić information content (AvgIpc) is 3.51. The van der Waals surface area contributed by atoms with E-state index >= 15 is 0 Å². The summed E-state index contributed by atoms with van der Waals surface area (Å²) in [7, 11) is 1.57. The normalized spacial score (nSPS) is 15.0. The molecular formula is C26H24F3N7O2. The number of methoxy groups -OCH3 is 1. The van der Waals surface area contributed by atoms with Gasteiger partial charge < -0.3 is 14.8 Å². The highest BCUT2D eigenvalue weighted by molar-refractivity contribution is 5.68. The number of ether oxygens (including phenoxy) is 2. The topological polar surface area (TPSA) is 99.9 Å². The number of nitrogens with one attached hydrogen (secondary N) is 1. The number of aryl methyl sites for hydroxylation is 1. The first-order valence-electron chi connectivity index (χ1n) is 12.2. The molecule has 38 heavy (non-hydrogen) atoms. The molecule has 6 rings (SSSR count). The summed E-state index contributed by atoms with van der Waals surface area (Å²) in [6.07, 6.45) is -0.880. The molecular weight excluding hydrogens is 499 g/mol. The Morgan fingerprint density at radius 3 is 2.58 bits per heavy atom. The lowest BCUT2D eigenvalue weighted by atomic mass is 10.1. The number of hydrogen-bond acceptors (Lipinski definition) is 8. The minimum atomic E-state index is -4.49. The van der Waals surface area contributed by atoms with Gasteiger partial charge in [0.05, 0.1) is 37.4 Å². The van der Waals surface area contributed by atoms with E-state index in [4.69, 9.17) is 19.4 Å². The Morgan fingerprint density at radius 2 is 1.89 bits per heavy atom. The number of aromatic nitrogens is 6. The van der Waals surface area contributed by atoms with Crippen LogP contribution in [-0.4, -0.2) is 36.8 Å². The number of alkyl halides is 3. The Kier molecular flexibility index (Phi) is 5.98. The minimum absolute atomic E-state index is 0.343. The monoisotopic (exact) mass is 523 g/mol. The minimum Gasteiger partial charge on any atom is -0.480 e. The number of nitrogens with zero attached hydrogens (tertiary/aromatic N) is 6. The standard InChI is InChI=1S/C26H24F3N7O2/c1-14-9-20(26(27,28)29)35-36(14)17-7-3-15(4-8-17)10-30-23-18-11-38-12-19(18)33-24(34-23)21-22(16-5-6-16)31-13-32-25(21)37-2/h3-4,7-9,13,16H,5-6,10-12H2,1-2H3,(H,30,33,34). The average molecular weight is 524 g/mol. The first-order chi connectivity index (χ1) is 18.3. The third kappa shape index (κ3) is 4.55. The van der Waals surface area contributed by atoms with Crippen molar-refractivity contribution in [1.29, 1.82) is 0 Å². The van der Waals surface area contributed by atoms with Crippen LogP contribution in [-0.2, 0) is 30.7 Å². The number of anilines is 1. The summed E-state index contributed by atoms with van der Waals surface area (Å²) in [6.45, 7) is 2.81. The van der Waals surface area contributed by atoms with Gasteiger partial charge >= 0.3 is 6.18 Å². The maximum absolute atomic E-state index is 13.0. The summed E-state index contributed by atoms with van der Waals surface area (Å²) < 4.78 is 51.6. The Labute approximate surface area is 216 Å². The second-order valence-corrected chi connectivity index (χ2v) is 9.33. The predicted octanol–water partition coefficient (Wildman–Crippen LogP) is 4.97. The molecule has 4 aromatic rings. The van der Waals surface area contributed by atoms with Crippen LogP contribution in [0.3, 0.4) is 0 Å². The van der Waals surface area contributed by atoms with Gasteiger partial charge in [-0.15, -0.1) is 0 Å². The molecule has 0 amide bonds. The van der Waals surface area contributed by atoms with E-state index in [0.29, 0.717) is 60.1 Å². The molecule has 0 radical (unpaired) electrons. The molecule has 2 aliphatic rings. The van der Waals surface area contributed by atoms with Crippen LogP contribution < -0.4 is 10.1 Å². The Hall–Kier alpha value is -4.06. The number of halogens is 3. The summed E-state index contributed by atoms with van der Waals surface area (Å²) >= 11 is 0. The first-order valence-corrected chi connectivity index (χ1v) is 12.2. The van der Waals surface area contributed by atoms with Crippen LogP contribution in [0.25, 0.3) is 17.1 Å². The zero-order valence-corrected chi connectivity index (χ0v) is 20.7. The highest BCUT2D eigenvalue weighted by Crippen LogP contribution is 2.45. The lowest BCUT2D eigenvalue weighted by Crippen LogP contribution is -2.10. The molecule has 0 unspecified atom stereocenters. The van der Waals surface area contributed by atoms with Crippen LogP contribution >= 0.6 is 0 Å². The second kappa shape index (κ2) is 9.35. The van der Waals surface area contributed by atoms with E-state index in [2.05, 4.69) is 20.4 Å². The fourth-order valence-corrected chi connectivity index (χ4v) is 4.54. The van der Waals surface area contributed by atoms with Crippen molar-refractivity contribution in [2.24, 2.45) is 0 Å². The van der Waals surface area contributed by atoms with Crippen LogP contribution in [0.2, 0.25) is 0 Å². The third-order valence-corrected chi connectivity index (χ3v) is 6.62. The van der Waals surface area contributed by atoms with Crippen molar-refractivity contribution in [1.82, 2.24) is 29.7 Å². The molecule has 3 aromatic heterocycles. The first kappa shape index (κ1) is 24.3. The van der Waals surface area contributed by atoms with E-state index in [9.17, 15) is 13.2 Å². The molecule has 1 aromatic carbocycles. The van der Waals surface area contributed by atoms with E-state index in [1.165, 1.54) is 11.0 Å². The van der Waals surface area contributed by atoms with Gasteiger partial charge in [0.15, 0.2) is 11.5 Å². The number of rotatable bonds is 7. The molecule has 1 aliphatic heterocycles. The molecule has 4 heterocycles. The zero-order valence-electron chi connectivity index (χ0n) is 20.7. The molecule has 0 atom stereocenters. The van der Waals surface area contributed by atoms with Crippen LogP contribution in [0.15, 0.2) is 36.7 Å². The van der Waals surface area contributed by atoms with E-state index in [1.54, 1.807) is 26.2 Å². The quantitative estimate of drug-likeness (QED) is 0.362. The number of hydrogen-bond donors (Lipinski definition) is 1. The summed E-state index contributed by atoms with van der Waals surface area (Å²) in [4.78, 5) is 18.4. The van der Waals surface area contributed by atoms with Gasteiger partial charge in [0, 0.05) is 23.7 Å². The molecule has 0 spiro atoms. The van der Waals surface area contributed by atoms with Crippen LogP contribution in [0.4, 0.5) is 19.0 Å². The smallest absolute Gasteiger partial charge is 0.435 e. The summed E-state index contributed by atoms with van der Waals surface area (Å²) in [6, 6.07) is 8.20. The Morgan fingerprint density at radius 1 is 1.11 bits per heavy atom. The maximum Gasteiger partial charge on any atom is 0.435 e. The van der Waals surface area contributed by atoms with Crippen LogP contribution in [0.1, 0.15) is 52.7 Å². The largest absolute Gasteiger partial charge is 0.480 e. The van der Waals surface area contributed by atoms with E-state index in [1.807, 2.05) is 12.1 Å². The summed E-state index contributed by atoms with van der Waals surface area (Å²) in [5.41, 5.74) is 4.23. The van der Waals surface area contributed by atoms with Crippen molar-refractivity contribution < 1.29 is 22.6 Å². The van der Waals surface area contributed by atoms with Gasteiger partial charge in [0.1, 0.15) is 17.7 Å². The molecule has 1 fully saturated rings. The fourth-order valence-electron chi connectivity index (χ4n) is 4.54. The van der Waals surface area contributed by atoms with Crippen molar-refractivity contribution in [3.05, 3.63) is 70.6 Å². The van der Waals surface area contributed by atoms with Crippen molar-refractivity contribution in [2.75, 3.05) is 12.4 Å². The molecule has 196 valence electrons. The maximum atomic E-state index is 13.0. The fraction of sp³-hybridized carbons (Fsp3) is 0.346. The van der Waals surface area contributed by atoms with Gasteiger partial charge in [-0.1, -0.05) is 12.1 Å². The van der Waals surface area contributed by atoms with Crippen molar-refractivity contribution >= 4 is 5.82 Å². The van der Waals surface area contributed by atoms with Crippen molar-refractivity contribution in [3.63, 3.8) is 0 Å². The third-order valence-electron chi connectivity index (χ3n) is 6.62. The molecule has 9 nitrogen and oxygen atoms in total. The SMILES string of the molecule is COc1ncnc(C2CC2)c1-c1nc2c(c(NCc3ccc(-n4nc(C(F)(F)F)cc4C)cc3)n1)COC2. The van der Waals surface area contributed by atoms with E-state index in [0.717, 1.165) is 41.4 Å². The highest BCUT2D eigenvalue weighted by atomic mass is 19.4. The second-order valence-electron chi connectivity index (χ2n) is 9.33. The number of benzene rings is 1.